The van der Waals surface area contributed by atoms with Gasteiger partial charge >= 0.3 is 0 Å². The van der Waals surface area contributed by atoms with Gasteiger partial charge in [0.1, 0.15) is 16.5 Å². The van der Waals surface area contributed by atoms with Gasteiger partial charge in [-0.2, -0.15) is 0 Å². The van der Waals surface area contributed by atoms with Crippen molar-refractivity contribution < 1.29 is 14.0 Å². The van der Waals surface area contributed by atoms with Gasteiger partial charge in [0.15, 0.2) is 0 Å². The molecular formula is C16H16FN3O2S. The van der Waals surface area contributed by atoms with Crippen LogP contribution in [0.15, 0.2) is 29.6 Å². The van der Waals surface area contributed by atoms with Crippen LogP contribution in [0.1, 0.15) is 17.4 Å². The van der Waals surface area contributed by atoms with Crippen LogP contribution in [0.5, 0.6) is 0 Å². The van der Waals surface area contributed by atoms with Crippen molar-refractivity contribution in [3.05, 3.63) is 41.2 Å². The largest absolute Gasteiger partial charge is 0.339 e. The molecule has 3 rings (SSSR count). The lowest BCUT2D eigenvalue weighted by Crippen LogP contribution is -2.50. The fourth-order valence-electron chi connectivity index (χ4n) is 2.48. The van der Waals surface area contributed by atoms with E-state index in [0.717, 1.165) is 5.56 Å². The van der Waals surface area contributed by atoms with Gasteiger partial charge in [0.2, 0.25) is 5.91 Å². The predicted octanol–water partition coefficient (Wildman–Crippen LogP) is 2.25. The van der Waals surface area contributed by atoms with Crippen LogP contribution in [0.3, 0.4) is 0 Å². The van der Waals surface area contributed by atoms with Gasteiger partial charge in [-0.1, -0.05) is 0 Å². The minimum absolute atomic E-state index is 0.0318. The van der Waals surface area contributed by atoms with Crippen molar-refractivity contribution >= 4 is 23.2 Å². The first kappa shape index (κ1) is 15.6. The van der Waals surface area contributed by atoms with Crippen LogP contribution in [0.25, 0.3) is 10.6 Å². The van der Waals surface area contributed by atoms with E-state index in [4.69, 9.17) is 0 Å². The van der Waals surface area contributed by atoms with E-state index in [0.29, 0.717) is 36.9 Å². The Balaban J connectivity index is 1.69. The lowest BCUT2D eigenvalue weighted by Gasteiger charge is -2.33. The highest BCUT2D eigenvalue weighted by molar-refractivity contribution is 7.13. The van der Waals surface area contributed by atoms with Crippen molar-refractivity contribution in [1.29, 1.82) is 0 Å². The number of amides is 2. The number of hydrogen-bond donors (Lipinski definition) is 0. The molecule has 5 nitrogen and oxygen atoms in total. The molecule has 0 N–H and O–H groups in total. The Bertz CT molecular complexity index is 721. The zero-order chi connectivity index (χ0) is 16.4. The molecule has 0 saturated carbocycles. The molecule has 0 radical (unpaired) electrons. The minimum atomic E-state index is -0.301. The number of piperazine rings is 1. The first-order valence-electron chi connectivity index (χ1n) is 7.31. The van der Waals surface area contributed by atoms with Crippen molar-refractivity contribution in [3.63, 3.8) is 0 Å². The third-order valence-electron chi connectivity index (χ3n) is 3.83. The molecule has 1 aromatic carbocycles. The molecule has 0 spiro atoms. The molecule has 1 aliphatic rings. The molecule has 0 bridgehead atoms. The molecule has 2 aromatic rings. The van der Waals surface area contributed by atoms with Gasteiger partial charge in [-0.15, -0.1) is 11.3 Å². The van der Waals surface area contributed by atoms with E-state index in [-0.39, 0.29) is 17.6 Å². The molecule has 120 valence electrons. The van der Waals surface area contributed by atoms with Gasteiger partial charge in [0.25, 0.3) is 5.91 Å². The SMILES string of the molecule is CC(=O)N1CCN(C(=O)c2csc(-c3ccc(F)cc3)n2)CC1. The fourth-order valence-corrected chi connectivity index (χ4v) is 3.28. The zero-order valence-electron chi connectivity index (χ0n) is 12.7. The van der Waals surface area contributed by atoms with Crippen molar-refractivity contribution in [2.24, 2.45) is 0 Å². The summed E-state index contributed by atoms with van der Waals surface area (Å²) < 4.78 is 13.0. The maximum atomic E-state index is 13.0. The number of halogens is 1. The van der Waals surface area contributed by atoms with Gasteiger partial charge in [-0.05, 0) is 24.3 Å². The Morgan fingerprint density at radius 1 is 1.09 bits per heavy atom. The minimum Gasteiger partial charge on any atom is -0.339 e. The van der Waals surface area contributed by atoms with E-state index in [1.54, 1.807) is 27.3 Å². The van der Waals surface area contributed by atoms with E-state index >= 15 is 0 Å². The monoisotopic (exact) mass is 333 g/mol. The molecule has 1 aliphatic heterocycles. The summed E-state index contributed by atoms with van der Waals surface area (Å²) in [7, 11) is 0. The molecule has 1 saturated heterocycles. The number of carbonyl (C=O) groups excluding carboxylic acids is 2. The summed E-state index contributed by atoms with van der Waals surface area (Å²) in [6, 6.07) is 6.04. The van der Waals surface area contributed by atoms with Crippen LogP contribution in [-0.4, -0.2) is 52.8 Å². The number of benzene rings is 1. The van der Waals surface area contributed by atoms with Crippen LogP contribution in [0.4, 0.5) is 4.39 Å². The molecule has 23 heavy (non-hydrogen) atoms. The van der Waals surface area contributed by atoms with Crippen molar-refractivity contribution in [3.8, 4) is 10.6 Å². The highest BCUT2D eigenvalue weighted by Crippen LogP contribution is 2.24. The summed E-state index contributed by atoms with van der Waals surface area (Å²) in [6.45, 7) is 3.67. The van der Waals surface area contributed by atoms with Crippen LogP contribution < -0.4 is 0 Å². The summed E-state index contributed by atoms with van der Waals surface area (Å²) >= 11 is 1.36. The van der Waals surface area contributed by atoms with Crippen LogP contribution in [0, 0.1) is 5.82 Å². The van der Waals surface area contributed by atoms with Crippen molar-refractivity contribution in [1.82, 2.24) is 14.8 Å². The van der Waals surface area contributed by atoms with E-state index in [1.807, 2.05) is 0 Å². The normalized spacial score (nSPS) is 14.9. The van der Waals surface area contributed by atoms with Crippen molar-refractivity contribution in [2.45, 2.75) is 6.92 Å². The number of rotatable bonds is 2. The average Bonchev–Trinajstić information content (AvgIpc) is 3.05. The van der Waals surface area contributed by atoms with Crippen molar-refractivity contribution in [2.75, 3.05) is 26.2 Å². The van der Waals surface area contributed by atoms with Crippen LogP contribution >= 0.6 is 11.3 Å². The molecule has 0 unspecified atom stereocenters. The maximum Gasteiger partial charge on any atom is 0.273 e. The number of carbonyl (C=O) groups is 2. The van der Waals surface area contributed by atoms with E-state index in [9.17, 15) is 14.0 Å². The molecule has 1 aromatic heterocycles. The second-order valence-electron chi connectivity index (χ2n) is 5.34. The number of thiazole rings is 1. The topological polar surface area (TPSA) is 53.5 Å². The highest BCUT2D eigenvalue weighted by Gasteiger charge is 2.24. The van der Waals surface area contributed by atoms with Gasteiger partial charge in [-0.3, -0.25) is 9.59 Å². The summed E-state index contributed by atoms with van der Waals surface area (Å²) in [5, 5.41) is 2.41. The van der Waals surface area contributed by atoms with E-state index in [1.165, 1.54) is 30.4 Å². The predicted molar refractivity (Wildman–Crippen MR) is 85.7 cm³/mol. The molecule has 1 fully saturated rings. The molecule has 2 heterocycles. The standard InChI is InChI=1S/C16H16FN3O2S/c1-11(21)19-6-8-20(9-7-19)16(22)14-10-23-15(18-14)12-2-4-13(17)5-3-12/h2-5,10H,6-9H2,1H3. The average molecular weight is 333 g/mol. The van der Waals surface area contributed by atoms with Gasteiger partial charge in [0, 0.05) is 44.0 Å². The first-order chi connectivity index (χ1) is 11.0. The third kappa shape index (κ3) is 3.39. The van der Waals surface area contributed by atoms with E-state index < -0.39 is 0 Å². The summed E-state index contributed by atoms with van der Waals surface area (Å²) in [4.78, 5) is 31.6. The Hall–Kier alpha value is -2.28. The third-order valence-corrected chi connectivity index (χ3v) is 4.72. The highest BCUT2D eigenvalue weighted by atomic mass is 32.1. The maximum absolute atomic E-state index is 13.0. The number of hydrogen-bond acceptors (Lipinski definition) is 4. The molecule has 7 heteroatoms. The second-order valence-corrected chi connectivity index (χ2v) is 6.20. The molecule has 0 atom stereocenters. The Morgan fingerprint density at radius 3 is 2.30 bits per heavy atom. The first-order valence-corrected chi connectivity index (χ1v) is 8.19. The summed E-state index contributed by atoms with van der Waals surface area (Å²) in [6.07, 6.45) is 0. The second kappa shape index (κ2) is 6.45. The molecule has 0 aliphatic carbocycles. The lowest BCUT2D eigenvalue weighted by molar-refractivity contribution is -0.130. The quantitative estimate of drug-likeness (QED) is 0.847. The Kier molecular flexibility index (Phi) is 4.38. The fraction of sp³-hybridized carbons (Fsp3) is 0.312. The number of aromatic nitrogens is 1. The lowest BCUT2D eigenvalue weighted by atomic mass is 10.2. The molecular weight excluding hydrogens is 317 g/mol. The van der Waals surface area contributed by atoms with Gasteiger partial charge in [0.05, 0.1) is 0 Å². The zero-order valence-corrected chi connectivity index (χ0v) is 13.5. The summed E-state index contributed by atoms with van der Waals surface area (Å²) in [5.74, 6) is -0.396. The molecule has 2 amide bonds. The van der Waals surface area contributed by atoms with Gasteiger partial charge in [-0.25, -0.2) is 9.37 Å². The Morgan fingerprint density at radius 2 is 1.70 bits per heavy atom. The number of nitrogens with zero attached hydrogens (tertiary/aromatic N) is 3. The van der Waals surface area contributed by atoms with Gasteiger partial charge < -0.3 is 9.80 Å². The van der Waals surface area contributed by atoms with Crippen LogP contribution in [-0.2, 0) is 4.79 Å². The Labute approximate surface area is 137 Å². The summed E-state index contributed by atoms with van der Waals surface area (Å²) in [5.41, 5.74) is 1.18. The smallest absolute Gasteiger partial charge is 0.273 e. The van der Waals surface area contributed by atoms with Crippen LogP contribution in [0.2, 0.25) is 0 Å². The van der Waals surface area contributed by atoms with E-state index in [2.05, 4.69) is 4.98 Å².